The highest BCUT2D eigenvalue weighted by Gasteiger charge is 2.13. The quantitative estimate of drug-likeness (QED) is 0.145. The molecule has 0 unspecified atom stereocenters. The van der Waals surface area contributed by atoms with E-state index in [2.05, 4.69) is 115 Å². The summed E-state index contributed by atoms with van der Waals surface area (Å²) in [5, 5.41) is 6.88. The van der Waals surface area contributed by atoms with E-state index in [4.69, 9.17) is 14.4 Å². The number of nitrogens with zero attached hydrogens (tertiary/aromatic N) is 3. The molecule has 0 aliphatic carbocycles. The van der Waals surface area contributed by atoms with Crippen LogP contribution in [0.25, 0.3) is 54.6 Å². The van der Waals surface area contributed by atoms with Crippen LogP contribution in [0, 0.1) is 0 Å². The minimum atomic E-state index is 0.483. The monoisotopic (exact) mass is 591 g/mol. The number of rotatable bonds is 5. The summed E-state index contributed by atoms with van der Waals surface area (Å²) in [5.74, 6) is 1.14. The maximum Gasteiger partial charge on any atom is 0.161 e. The van der Waals surface area contributed by atoms with E-state index in [1.165, 1.54) is 10.8 Å². The number of fused-ring (bicyclic) bond motifs is 5. The van der Waals surface area contributed by atoms with Crippen LogP contribution < -0.4 is 0 Å². The molecule has 0 saturated heterocycles. The Morgan fingerprint density at radius 2 is 1.28 bits per heavy atom. The first-order valence-corrected chi connectivity index (χ1v) is 15.3. The Kier molecular flexibility index (Phi) is 7.01. The standard InChI is InChI=1S/C42H29N3O/c1-43-41(31-11-3-2-4-12-31)45-42(44-27-28-18-19-29-10-5-6-13-32(29)24-28)34-23-21-30-20-22-33(25-35(30)26-34)36-15-9-17-39-40(36)37-14-7-8-16-38(37)46-39/h2-26H,1,27H2/b44-42-,45-41-. The lowest BCUT2D eigenvalue weighted by atomic mass is 9.96. The van der Waals surface area contributed by atoms with Crippen LogP contribution in [0.15, 0.2) is 171 Å². The Bertz CT molecular complexity index is 2470. The van der Waals surface area contributed by atoms with E-state index in [9.17, 15) is 0 Å². The average molecular weight is 592 g/mol. The molecule has 4 nitrogen and oxygen atoms in total. The summed E-state index contributed by atoms with van der Waals surface area (Å²) in [5.41, 5.74) is 6.95. The smallest absolute Gasteiger partial charge is 0.161 e. The van der Waals surface area contributed by atoms with Gasteiger partial charge in [0.15, 0.2) is 11.7 Å². The van der Waals surface area contributed by atoms with E-state index in [0.29, 0.717) is 18.2 Å². The molecule has 0 fully saturated rings. The lowest BCUT2D eigenvalue weighted by Gasteiger charge is -2.09. The SMILES string of the molecule is C=N/C(=N\C(=N/Cc1ccc2ccccc2c1)c1ccc2ccc(-c3cccc4oc5ccccc5c34)cc2c1)c1ccccc1. The Morgan fingerprint density at radius 3 is 2.17 bits per heavy atom. The van der Waals surface area contributed by atoms with E-state index < -0.39 is 0 Å². The molecule has 0 N–H and O–H groups in total. The molecule has 8 aromatic rings. The number of hydrogen-bond donors (Lipinski definition) is 0. The molecule has 0 saturated carbocycles. The number of hydrogen-bond acceptors (Lipinski definition) is 2. The fourth-order valence-electron chi connectivity index (χ4n) is 6.14. The first kappa shape index (κ1) is 27.4. The summed E-state index contributed by atoms with van der Waals surface area (Å²) in [6.07, 6.45) is 0. The molecule has 0 amide bonds. The highest BCUT2D eigenvalue weighted by atomic mass is 16.3. The van der Waals surface area contributed by atoms with Gasteiger partial charge in [-0.25, -0.2) is 9.98 Å². The summed E-state index contributed by atoms with van der Waals surface area (Å²) < 4.78 is 6.18. The van der Waals surface area contributed by atoms with Crippen molar-refractivity contribution >= 4 is 61.9 Å². The molecule has 0 spiro atoms. The number of amidine groups is 2. The molecule has 1 aromatic heterocycles. The van der Waals surface area contributed by atoms with Gasteiger partial charge in [-0.05, 0) is 75.3 Å². The van der Waals surface area contributed by atoms with Gasteiger partial charge in [0.25, 0.3) is 0 Å². The molecule has 7 aromatic carbocycles. The summed E-state index contributed by atoms with van der Waals surface area (Å²) in [6, 6.07) is 52.2. The molecular weight excluding hydrogens is 562 g/mol. The van der Waals surface area contributed by atoms with Crippen molar-refractivity contribution in [1.29, 1.82) is 0 Å². The van der Waals surface area contributed by atoms with Gasteiger partial charge in [-0.3, -0.25) is 4.99 Å². The molecule has 0 aliphatic rings. The van der Waals surface area contributed by atoms with Gasteiger partial charge in [-0.15, -0.1) is 0 Å². The van der Waals surface area contributed by atoms with Crippen LogP contribution in [-0.2, 0) is 6.54 Å². The lowest BCUT2D eigenvalue weighted by Crippen LogP contribution is -2.05. The van der Waals surface area contributed by atoms with E-state index in [0.717, 1.165) is 60.5 Å². The fraction of sp³-hybridized carbons (Fsp3) is 0.0238. The molecule has 4 heteroatoms. The van der Waals surface area contributed by atoms with E-state index >= 15 is 0 Å². The van der Waals surface area contributed by atoms with Gasteiger partial charge in [0.2, 0.25) is 0 Å². The minimum Gasteiger partial charge on any atom is -0.456 e. The van der Waals surface area contributed by atoms with Gasteiger partial charge in [0.1, 0.15) is 11.2 Å². The third-order valence-electron chi connectivity index (χ3n) is 8.43. The normalized spacial score (nSPS) is 12.3. The van der Waals surface area contributed by atoms with Gasteiger partial charge >= 0.3 is 0 Å². The maximum atomic E-state index is 6.18. The van der Waals surface area contributed by atoms with Crippen molar-refractivity contribution in [3.63, 3.8) is 0 Å². The summed E-state index contributed by atoms with van der Waals surface area (Å²) in [6.45, 7) is 4.31. The highest BCUT2D eigenvalue weighted by molar-refractivity contribution is 6.15. The lowest BCUT2D eigenvalue weighted by molar-refractivity contribution is 0.669. The Hall–Kier alpha value is -6.13. The molecule has 0 radical (unpaired) electrons. The Morgan fingerprint density at radius 1 is 0.543 bits per heavy atom. The summed E-state index contributed by atoms with van der Waals surface area (Å²) >= 11 is 0. The first-order valence-electron chi connectivity index (χ1n) is 15.3. The second-order valence-corrected chi connectivity index (χ2v) is 11.3. The zero-order valence-corrected chi connectivity index (χ0v) is 25.1. The van der Waals surface area contributed by atoms with Crippen LogP contribution in [0.1, 0.15) is 16.7 Å². The fourth-order valence-corrected chi connectivity index (χ4v) is 6.14. The topological polar surface area (TPSA) is 50.2 Å². The third kappa shape index (κ3) is 5.16. The van der Waals surface area contributed by atoms with Crippen molar-refractivity contribution in [3.8, 4) is 11.1 Å². The van der Waals surface area contributed by atoms with Crippen LogP contribution in [-0.4, -0.2) is 18.4 Å². The van der Waals surface area contributed by atoms with Gasteiger partial charge < -0.3 is 4.42 Å². The van der Waals surface area contributed by atoms with Crippen molar-refractivity contribution in [2.45, 2.75) is 6.54 Å². The Balaban J connectivity index is 1.24. The number of para-hydroxylation sites is 1. The number of benzene rings is 7. The van der Waals surface area contributed by atoms with Gasteiger partial charge in [-0.1, -0.05) is 121 Å². The van der Waals surface area contributed by atoms with Crippen molar-refractivity contribution in [2.24, 2.45) is 15.0 Å². The molecule has 0 aliphatic heterocycles. The highest BCUT2D eigenvalue weighted by Crippen LogP contribution is 2.37. The van der Waals surface area contributed by atoms with Crippen molar-refractivity contribution in [2.75, 3.05) is 0 Å². The van der Waals surface area contributed by atoms with Crippen molar-refractivity contribution in [3.05, 3.63) is 168 Å². The van der Waals surface area contributed by atoms with Crippen LogP contribution in [0.5, 0.6) is 0 Å². The molecule has 0 atom stereocenters. The van der Waals surface area contributed by atoms with Crippen LogP contribution in [0.4, 0.5) is 0 Å². The Labute approximate surface area is 266 Å². The second-order valence-electron chi connectivity index (χ2n) is 11.3. The maximum absolute atomic E-state index is 6.18. The molecule has 1 heterocycles. The van der Waals surface area contributed by atoms with Crippen molar-refractivity contribution in [1.82, 2.24) is 0 Å². The third-order valence-corrected chi connectivity index (χ3v) is 8.43. The molecule has 0 bridgehead atoms. The molecular formula is C42H29N3O. The number of furan rings is 1. The van der Waals surface area contributed by atoms with Gasteiger partial charge in [-0.2, -0.15) is 0 Å². The average Bonchev–Trinajstić information content (AvgIpc) is 3.51. The number of aliphatic imine (C=N–C) groups is 3. The van der Waals surface area contributed by atoms with E-state index in [-0.39, 0.29) is 0 Å². The van der Waals surface area contributed by atoms with Crippen LogP contribution >= 0.6 is 0 Å². The predicted octanol–water partition coefficient (Wildman–Crippen LogP) is 10.7. The van der Waals surface area contributed by atoms with Gasteiger partial charge in [0.05, 0.1) is 6.54 Å². The minimum absolute atomic E-state index is 0.483. The zero-order valence-electron chi connectivity index (χ0n) is 25.1. The zero-order chi connectivity index (χ0) is 30.9. The van der Waals surface area contributed by atoms with E-state index in [1.807, 2.05) is 48.5 Å². The predicted molar refractivity (Wildman–Crippen MR) is 193 cm³/mol. The summed E-state index contributed by atoms with van der Waals surface area (Å²) in [4.78, 5) is 14.4. The molecule has 218 valence electrons. The van der Waals surface area contributed by atoms with Crippen molar-refractivity contribution < 1.29 is 4.42 Å². The molecule has 8 rings (SSSR count). The van der Waals surface area contributed by atoms with Gasteiger partial charge in [0, 0.05) is 21.9 Å². The van der Waals surface area contributed by atoms with Crippen LogP contribution in [0.3, 0.4) is 0 Å². The van der Waals surface area contributed by atoms with Crippen LogP contribution in [0.2, 0.25) is 0 Å². The van der Waals surface area contributed by atoms with E-state index in [1.54, 1.807) is 0 Å². The first-order chi connectivity index (χ1) is 22.7. The second kappa shape index (κ2) is 11.8. The summed E-state index contributed by atoms with van der Waals surface area (Å²) in [7, 11) is 0. The largest absolute Gasteiger partial charge is 0.456 e. The molecule has 46 heavy (non-hydrogen) atoms.